The molecule has 1 aliphatic carbocycles. The van der Waals surface area contributed by atoms with Crippen LogP contribution in [0.2, 0.25) is 0 Å². The molecule has 1 saturated carbocycles. The molecule has 0 aliphatic heterocycles. The standard InChI is InChI=1S/C11H16O4/c1-7-5-4-6-8(10(12)14-2)9(7)11(13)15-3/h8-9H,1,4-6H2,2-3H3. The van der Waals surface area contributed by atoms with Gasteiger partial charge in [-0.3, -0.25) is 9.59 Å². The Morgan fingerprint density at radius 1 is 1.27 bits per heavy atom. The molecule has 1 fully saturated rings. The van der Waals surface area contributed by atoms with E-state index in [1.807, 2.05) is 0 Å². The van der Waals surface area contributed by atoms with Gasteiger partial charge in [0, 0.05) is 0 Å². The van der Waals surface area contributed by atoms with Crippen molar-refractivity contribution in [3.05, 3.63) is 12.2 Å². The number of hydrogen-bond donors (Lipinski definition) is 0. The maximum Gasteiger partial charge on any atom is 0.313 e. The summed E-state index contributed by atoms with van der Waals surface area (Å²) in [7, 11) is 2.65. The molecule has 0 amide bonds. The van der Waals surface area contributed by atoms with Crippen LogP contribution in [0.25, 0.3) is 0 Å². The molecule has 1 aliphatic rings. The van der Waals surface area contributed by atoms with Crippen LogP contribution in [-0.4, -0.2) is 26.2 Å². The number of ether oxygens (including phenoxy) is 2. The van der Waals surface area contributed by atoms with Crippen LogP contribution in [0.5, 0.6) is 0 Å². The molecule has 15 heavy (non-hydrogen) atoms. The van der Waals surface area contributed by atoms with Gasteiger partial charge in [-0.2, -0.15) is 0 Å². The zero-order chi connectivity index (χ0) is 11.4. The van der Waals surface area contributed by atoms with Crippen LogP contribution >= 0.6 is 0 Å². The summed E-state index contributed by atoms with van der Waals surface area (Å²) in [5, 5.41) is 0. The van der Waals surface area contributed by atoms with Crippen molar-refractivity contribution in [1.82, 2.24) is 0 Å². The topological polar surface area (TPSA) is 52.6 Å². The molecule has 2 unspecified atom stereocenters. The van der Waals surface area contributed by atoms with Crippen molar-refractivity contribution in [1.29, 1.82) is 0 Å². The molecule has 0 heterocycles. The lowest BCUT2D eigenvalue weighted by atomic mass is 9.76. The van der Waals surface area contributed by atoms with Gasteiger partial charge in [0.05, 0.1) is 26.1 Å². The van der Waals surface area contributed by atoms with E-state index < -0.39 is 17.8 Å². The molecule has 0 bridgehead atoms. The summed E-state index contributed by atoms with van der Waals surface area (Å²) in [6.07, 6.45) is 2.30. The van der Waals surface area contributed by atoms with Gasteiger partial charge in [0.15, 0.2) is 0 Å². The number of carbonyl (C=O) groups is 2. The molecule has 0 radical (unpaired) electrons. The highest BCUT2D eigenvalue weighted by Gasteiger charge is 2.39. The highest BCUT2D eigenvalue weighted by atomic mass is 16.5. The fourth-order valence-corrected chi connectivity index (χ4v) is 2.02. The minimum absolute atomic E-state index is 0.355. The molecule has 1 rings (SSSR count). The number of carbonyl (C=O) groups excluding carboxylic acids is 2. The van der Waals surface area contributed by atoms with Gasteiger partial charge in [-0.05, 0) is 19.3 Å². The average Bonchev–Trinajstić information content (AvgIpc) is 2.26. The highest BCUT2D eigenvalue weighted by molar-refractivity contribution is 5.84. The van der Waals surface area contributed by atoms with Crippen molar-refractivity contribution in [3.63, 3.8) is 0 Å². The Morgan fingerprint density at radius 2 is 1.87 bits per heavy atom. The van der Waals surface area contributed by atoms with Gasteiger partial charge >= 0.3 is 11.9 Å². The van der Waals surface area contributed by atoms with Gasteiger partial charge in [-0.15, -0.1) is 0 Å². The smallest absolute Gasteiger partial charge is 0.313 e. The second kappa shape index (κ2) is 4.96. The van der Waals surface area contributed by atoms with Crippen LogP contribution in [-0.2, 0) is 19.1 Å². The van der Waals surface area contributed by atoms with Crippen LogP contribution in [0.1, 0.15) is 19.3 Å². The lowest BCUT2D eigenvalue weighted by Crippen LogP contribution is -2.35. The van der Waals surface area contributed by atoms with E-state index in [4.69, 9.17) is 0 Å². The minimum Gasteiger partial charge on any atom is -0.469 e. The van der Waals surface area contributed by atoms with Crippen molar-refractivity contribution >= 4 is 11.9 Å². The minimum atomic E-state index is -0.531. The molecular formula is C11H16O4. The molecule has 84 valence electrons. The quantitative estimate of drug-likeness (QED) is 0.511. The highest BCUT2D eigenvalue weighted by Crippen LogP contribution is 2.34. The Kier molecular flexibility index (Phi) is 3.88. The normalized spacial score (nSPS) is 25.9. The van der Waals surface area contributed by atoms with Crippen LogP contribution in [0.15, 0.2) is 12.2 Å². The van der Waals surface area contributed by atoms with Gasteiger partial charge in [-0.1, -0.05) is 12.2 Å². The van der Waals surface area contributed by atoms with Gasteiger partial charge in [0.25, 0.3) is 0 Å². The summed E-state index contributed by atoms with van der Waals surface area (Å²) < 4.78 is 9.35. The summed E-state index contributed by atoms with van der Waals surface area (Å²) >= 11 is 0. The van der Waals surface area contributed by atoms with E-state index in [-0.39, 0.29) is 5.97 Å². The van der Waals surface area contributed by atoms with Crippen LogP contribution in [0.3, 0.4) is 0 Å². The summed E-state index contributed by atoms with van der Waals surface area (Å²) in [6.45, 7) is 3.82. The Hall–Kier alpha value is -1.32. The Morgan fingerprint density at radius 3 is 2.40 bits per heavy atom. The second-order valence-corrected chi connectivity index (χ2v) is 3.68. The Labute approximate surface area is 89.2 Å². The summed E-state index contributed by atoms with van der Waals surface area (Å²) in [6, 6.07) is 0. The molecule has 4 nitrogen and oxygen atoms in total. The monoisotopic (exact) mass is 212 g/mol. The van der Waals surface area contributed by atoms with E-state index in [0.29, 0.717) is 6.42 Å². The molecule has 0 spiro atoms. The molecule has 2 atom stereocenters. The molecule has 0 N–H and O–H groups in total. The molecular weight excluding hydrogens is 196 g/mol. The third-order valence-electron chi connectivity index (χ3n) is 2.81. The maximum absolute atomic E-state index is 11.5. The molecule has 0 aromatic carbocycles. The molecule has 0 aromatic heterocycles. The zero-order valence-corrected chi connectivity index (χ0v) is 9.12. The van der Waals surface area contributed by atoms with Gasteiger partial charge < -0.3 is 9.47 Å². The van der Waals surface area contributed by atoms with Crippen molar-refractivity contribution < 1.29 is 19.1 Å². The Bertz CT molecular complexity index is 274. The van der Waals surface area contributed by atoms with E-state index in [1.54, 1.807) is 0 Å². The maximum atomic E-state index is 11.5. The van der Waals surface area contributed by atoms with Crippen molar-refractivity contribution in [2.24, 2.45) is 11.8 Å². The van der Waals surface area contributed by atoms with Gasteiger partial charge in [0.1, 0.15) is 0 Å². The van der Waals surface area contributed by atoms with Gasteiger partial charge in [-0.25, -0.2) is 0 Å². The third kappa shape index (κ3) is 2.37. The molecule has 0 saturated heterocycles. The molecule has 0 aromatic rings. The summed E-state index contributed by atoms with van der Waals surface area (Å²) in [4.78, 5) is 23.0. The van der Waals surface area contributed by atoms with Crippen molar-refractivity contribution in [2.45, 2.75) is 19.3 Å². The number of rotatable bonds is 2. The first kappa shape index (κ1) is 11.8. The van der Waals surface area contributed by atoms with E-state index >= 15 is 0 Å². The lowest BCUT2D eigenvalue weighted by molar-refractivity contribution is -0.157. The first-order valence-corrected chi connectivity index (χ1v) is 4.95. The summed E-state index contributed by atoms with van der Waals surface area (Å²) in [5.74, 6) is -1.71. The first-order valence-electron chi connectivity index (χ1n) is 4.95. The SMILES string of the molecule is C=C1CCCC(C(=O)OC)C1C(=O)OC. The van der Waals surface area contributed by atoms with Gasteiger partial charge in [0.2, 0.25) is 0 Å². The van der Waals surface area contributed by atoms with E-state index in [1.165, 1.54) is 14.2 Å². The van der Waals surface area contributed by atoms with E-state index in [0.717, 1.165) is 18.4 Å². The second-order valence-electron chi connectivity index (χ2n) is 3.68. The predicted octanol–water partition coefficient (Wildman–Crippen LogP) is 1.30. The van der Waals surface area contributed by atoms with Crippen molar-refractivity contribution in [2.75, 3.05) is 14.2 Å². The third-order valence-corrected chi connectivity index (χ3v) is 2.81. The van der Waals surface area contributed by atoms with E-state index in [9.17, 15) is 9.59 Å². The number of esters is 2. The number of methoxy groups -OCH3 is 2. The average molecular weight is 212 g/mol. The Balaban J connectivity index is 2.86. The zero-order valence-electron chi connectivity index (χ0n) is 9.12. The largest absolute Gasteiger partial charge is 0.469 e. The van der Waals surface area contributed by atoms with Crippen molar-refractivity contribution in [3.8, 4) is 0 Å². The van der Waals surface area contributed by atoms with Crippen LogP contribution in [0.4, 0.5) is 0 Å². The number of hydrogen-bond acceptors (Lipinski definition) is 4. The van der Waals surface area contributed by atoms with Crippen LogP contribution in [0, 0.1) is 11.8 Å². The lowest BCUT2D eigenvalue weighted by Gasteiger charge is -2.29. The predicted molar refractivity (Wildman–Crippen MR) is 54.0 cm³/mol. The van der Waals surface area contributed by atoms with Crippen LogP contribution < -0.4 is 0 Å². The summed E-state index contributed by atoms with van der Waals surface area (Å²) in [5.41, 5.74) is 0.767. The fraction of sp³-hybridized carbons (Fsp3) is 0.636. The first-order chi connectivity index (χ1) is 7.11. The fourth-order valence-electron chi connectivity index (χ4n) is 2.02. The van der Waals surface area contributed by atoms with E-state index in [2.05, 4.69) is 16.1 Å². The molecule has 4 heteroatoms.